The number of methoxy groups -OCH3 is 1. The Kier molecular flexibility index (Phi) is 7.33. The fourth-order valence-corrected chi connectivity index (χ4v) is 3.82. The number of aromatic hydroxyl groups is 1. The summed E-state index contributed by atoms with van der Waals surface area (Å²) in [6.45, 7) is 3.53. The number of anilines is 1. The molecule has 0 saturated carbocycles. The van der Waals surface area contributed by atoms with Crippen molar-refractivity contribution in [2.45, 2.75) is 11.6 Å². The van der Waals surface area contributed by atoms with Crippen molar-refractivity contribution in [3.63, 3.8) is 0 Å². The van der Waals surface area contributed by atoms with E-state index in [0.717, 1.165) is 10.5 Å². The van der Waals surface area contributed by atoms with Gasteiger partial charge in [-0.25, -0.2) is 4.79 Å². The second-order valence-corrected chi connectivity index (χ2v) is 7.92. The van der Waals surface area contributed by atoms with Crippen molar-refractivity contribution in [1.29, 1.82) is 0 Å². The lowest BCUT2D eigenvalue weighted by atomic mass is 9.78. The third-order valence-electron chi connectivity index (χ3n) is 5.08. The minimum atomic E-state index is -1.68. The molecule has 0 bridgehead atoms. The van der Waals surface area contributed by atoms with E-state index in [-0.39, 0.29) is 5.75 Å². The Morgan fingerprint density at radius 1 is 1.03 bits per heavy atom. The summed E-state index contributed by atoms with van der Waals surface area (Å²) in [7, 11) is 1.26. The van der Waals surface area contributed by atoms with E-state index in [9.17, 15) is 14.7 Å². The number of nitrogens with one attached hydrogen (secondary N) is 2. The summed E-state index contributed by atoms with van der Waals surface area (Å²) in [6.07, 6.45) is 1.10. The van der Waals surface area contributed by atoms with Crippen LogP contribution in [0.5, 0.6) is 5.75 Å². The molecule has 1 amide bonds. The molecule has 0 aliphatic carbocycles. The van der Waals surface area contributed by atoms with Crippen LogP contribution < -0.4 is 10.6 Å². The summed E-state index contributed by atoms with van der Waals surface area (Å²) in [5.41, 5.74) is -0.123. The number of ether oxygens (including phenoxy) is 1. The van der Waals surface area contributed by atoms with Crippen LogP contribution in [0.2, 0.25) is 0 Å². The molecule has 3 aromatic carbocycles. The van der Waals surface area contributed by atoms with E-state index >= 15 is 0 Å². The van der Waals surface area contributed by atoms with Crippen LogP contribution in [0.1, 0.15) is 17.2 Å². The monoisotopic (exact) mass is 494 g/mol. The van der Waals surface area contributed by atoms with Gasteiger partial charge >= 0.3 is 5.97 Å². The van der Waals surface area contributed by atoms with Gasteiger partial charge in [-0.15, -0.1) is 0 Å². The summed E-state index contributed by atoms with van der Waals surface area (Å²) in [5.74, 6) is -1.24. The first-order chi connectivity index (χ1) is 15.4. The van der Waals surface area contributed by atoms with Gasteiger partial charge in [-0.05, 0) is 41.5 Å². The van der Waals surface area contributed by atoms with E-state index < -0.39 is 23.5 Å². The van der Waals surface area contributed by atoms with E-state index in [4.69, 9.17) is 4.74 Å². The maximum absolute atomic E-state index is 13.5. The SMILES string of the molecule is C=CC(=O)N[C@@](C(=O)OC)(c1ccccc1)[C@@H](Nc1ccccc1O)c1ccc(Br)cc1. The number of phenolic OH excluding ortho intramolecular Hbond substituents is 1. The average Bonchev–Trinajstić information content (AvgIpc) is 2.83. The first-order valence-electron chi connectivity index (χ1n) is 9.81. The average molecular weight is 495 g/mol. The second-order valence-electron chi connectivity index (χ2n) is 7.01. The molecule has 164 valence electrons. The molecule has 0 aliphatic rings. The summed E-state index contributed by atoms with van der Waals surface area (Å²) < 4.78 is 6.06. The van der Waals surface area contributed by atoms with E-state index in [0.29, 0.717) is 16.8 Å². The number of carbonyl (C=O) groups excluding carboxylic acids is 2. The number of benzene rings is 3. The summed E-state index contributed by atoms with van der Waals surface area (Å²) >= 11 is 3.43. The zero-order valence-corrected chi connectivity index (χ0v) is 19.0. The number of para-hydroxylation sites is 2. The topological polar surface area (TPSA) is 87.7 Å². The van der Waals surface area contributed by atoms with Crippen LogP contribution in [0.3, 0.4) is 0 Å². The van der Waals surface area contributed by atoms with Gasteiger partial charge in [0.1, 0.15) is 5.75 Å². The normalized spacial score (nSPS) is 13.3. The number of phenols is 1. The molecule has 0 heterocycles. The smallest absolute Gasteiger partial charge is 0.338 e. The van der Waals surface area contributed by atoms with Crippen LogP contribution in [0.15, 0.2) is 96.0 Å². The van der Waals surface area contributed by atoms with Gasteiger partial charge in [0.2, 0.25) is 5.91 Å². The standard InChI is InChI=1S/C25H23BrN2O4/c1-3-22(30)28-25(24(31)32-2,18-9-5-4-6-10-18)23(17-13-15-19(26)16-14-17)27-20-11-7-8-12-21(20)29/h3-16,23,27,29H,1H2,2H3,(H,28,30)/t23-,25-/m0/s1. The Bertz CT molecular complexity index is 1100. The quantitative estimate of drug-likeness (QED) is 0.240. The zero-order chi connectivity index (χ0) is 23.1. The molecule has 3 rings (SSSR count). The molecule has 0 saturated heterocycles. The Balaban J connectivity index is 2.31. The fraction of sp³-hybridized carbons (Fsp3) is 0.120. The predicted molar refractivity (Wildman–Crippen MR) is 127 cm³/mol. The van der Waals surface area contributed by atoms with Crippen LogP contribution in [0.4, 0.5) is 5.69 Å². The summed E-state index contributed by atoms with van der Waals surface area (Å²) in [6, 6.07) is 21.9. The molecule has 3 aromatic rings. The Hall–Kier alpha value is -3.58. The number of hydrogen-bond donors (Lipinski definition) is 3. The van der Waals surface area contributed by atoms with Crippen LogP contribution in [0, 0.1) is 0 Å². The molecule has 2 atom stereocenters. The molecule has 0 fully saturated rings. The van der Waals surface area contributed by atoms with Crippen molar-refractivity contribution in [1.82, 2.24) is 5.32 Å². The van der Waals surface area contributed by atoms with Crippen molar-refractivity contribution in [2.24, 2.45) is 0 Å². The molecule has 0 unspecified atom stereocenters. The lowest BCUT2D eigenvalue weighted by Gasteiger charge is -2.40. The van der Waals surface area contributed by atoms with Crippen molar-refractivity contribution in [3.05, 3.63) is 107 Å². The van der Waals surface area contributed by atoms with E-state index in [2.05, 4.69) is 33.1 Å². The Labute approximate surface area is 195 Å². The molecule has 0 aromatic heterocycles. The van der Waals surface area contributed by atoms with Crippen LogP contribution in [-0.2, 0) is 19.9 Å². The number of carbonyl (C=O) groups is 2. The van der Waals surface area contributed by atoms with Crippen LogP contribution in [0.25, 0.3) is 0 Å². The Morgan fingerprint density at radius 2 is 1.66 bits per heavy atom. The van der Waals surface area contributed by atoms with Gasteiger partial charge in [0.25, 0.3) is 0 Å². The lowest BCUT2D eigenvalue weighted by Crippen LogP contribution is -2.57. The molecule has 32 heavy (non-hydrogen) atoms. The zero-order valence-electron chi connectivity index (χ0n) is 17.4. The summed E-state index contributed by atoms with van der Waals surface area (Å²) in [5, 5.41) is 16.5. The van der Waals surface area contributed by atoms with E-state index in [1.807, 2.05) is 30.3 Å². The Morgan fingerprint density at radius 3 is 2.25 bits per heavy atom. The highest BCUT2D eigenvalue weighted by molar-refractivity contribution is 9.10. The highest BCUT2D eigenvalue weighted by atomic mass is 79.9. The molecule has 0 spiro atoms. The number of amides is 1. The van der Waals surface area contributed by atoms with E-state index in [1.165, 1.54) is 13.2 Å². The minimum Gasteiger partial charge on any atom is -0.506 e. The van der Waals surface area contributed by atoms with E-state index in [1.54, 1.807) is 42.5 Å². The van der Waals surface area contributed by atoms with Crippen molar-refractivity contribution in [2.75, 3.05) is 12.4 Å². The molecule has 0 aliphatic heterocycles. The van der Waals surface area contributed by atoms with Gasteiger partial charge in [0, 0.05) is 4.47 Å². The number of halogens is 1. The fourth-order valence-electron chi connectivity index (χ4n) is 3.55. The minimum absolute atomic E-state index is 0.00325. The van der Waals surface area contributed by atoms with Crippen molar-refractivity contribution < 1.29 is 19.4 Å². The molecular formula is C25H23BrN2O4. The lowest BCUT2D eigenvalue weighted by molar-refractivity contribution is -0.152. The van der Waals surface area contributed by atoms with Crippen LogP contribution in [-0.4, -0.2) is 24.1 Å². The maximum atomic E-state index is 13.5. The first kappa shape index (κ1) is 23.1. The van der Waals surface area contributed by atoms with Crippen molar-refractivity contribution in [3.8, 4) is 5.75 Å². The van der Waals surface area contributed by atoms with Gasteiger partial charge in [-0.3, -0.25) is 4.79 Å². The number of rotatable bonds is 8. The highest BCUT2D eigenvalue weighted by Crippen LogP contribution is 2.41. The number of esters is 1. The molecule has 7 heteroatoms. The van der Waals surface area contributed by atoms with Gasteiger partial charge in [-0.2, -0.15) is 0 Å². The van der Waals surface area contributed by atoms with Crippen molar-refractivity contribution >= 4 is 33.5 Å². The predicted octanol–water partition coefficient (Wildman–Crippen LogP) is 4.68. The third-order valence-corrected chi connectivity index (χ3v) is 5.61. The van der Waals surface area contributed by atoms with Gasteiger partial charge < -0.3 is 20.5 Å². The summed E-state index contributed by atoms with van der Waals surface area (Å²) in [4.78, 5) is 26.1. The first-order valence-corrected chi connectivity index (χ1v) is 10.6. The van der Waals surface area contributed by atoms with Gasteiger partial charge in [0.05, 0.1) is 18.8 Å². The largest absolute Gasteiger partial charge is 0.506 e. The van der Waals surface area contributed by atoms with Crippen LogP contribution >= 0.6 is 15.9 Å². The van der Waals surface area contributed by atoms with Gasteiger partial charge in [0.15, 0.2) is 5.54 Å². The number of hydrogen-bond acceptors (Lipinski definition) is 5. The molecule has 0 radical (unpaired) electrons. The highest BCUT2D eigenvalue weighted by Gasteiger charge is 2.50. The molecular weight excluding hydrogens is 472 g/mol. The molecule has 6 nitrogen and oxygen atoms in total. The molecule has 3 N–H and O–H groups in total. The maximum Gasteiger partial charge on any atom is 0.338 e. The van der Waals surface area contributed by atoms with Gasteiger partial charge in [-0.1, -0.05) is 77.1 Å². The second kappa shape index (κ2) is 10.2. The third kappa shape index (κ3) is 4.68.